The summed E-state index contributed by atoms with van der Waals surface area (Å²) < 4.78 is 0.496. The third-order valence-electron chi connectivity index (χ3n) is 2.99. The normalized spacial score (nSPS) is 22.6. The first-order valence-electron chi connectivity index (χ1n) is 5.57. The third kappa shape index (κ3) is 2.91. The molecule has 1 heterocycles. The molecule has 7 heteroatoms. The van der Waals surface area contributed by atoms with Crippen molar-refractivity contribution >= 4 is 39.4 Å². The van der Waals surface area contributed by atoms with Gasteiger partial charge in [0.05, 0.1) is 11.7 Å². The second-order valence-electron chi connectivity index (χ2n) is 4.33. The van der Waals surface area contributed by atoms with E-state index in [0.717, 1.165) is 0 Å². The molecule has 5 nitrogen and oxygen atoms in total. The van der Waals surface area contributed by atoms with Crippen LogP contribution in [-0.4, -0.2) is 45.7 Å². The van der Waals surface area contributed by atoms with Gasteiger partial charge in [0.1, 0.15) is 6.04 Å². The van der Waals surface area contributed by atoms with Crippen molar-refractivity contribution in [1.82, 2.24) is 4.90 Å². The number of carboxylic acids is 1. The Kier molecular flexibility index (Phi) is 4.13. The highest BCUT2D eigenvalue weighted by molar-refractivity contribution is 9.10. The first-order valence-corrected chi connectivity index (χ1v) is 6.74. The van der Waals surface area contributed by atoms with Gasteiger partial charge in [-0.2, -0.15) is 0 Å². The SMILES string of the molecule is O=C(O)C1CC(O)CN1C(=O)c1ccc(Cl)cc1Br. The number of β-amino-alcohol motifs (C(OH)–C–C–N with tert-alkyl or cyclic N) is 1. The molecule has 1 aliphatic rings. The van der Waals surface area contributed by atoms with Gasteiger partial charge in [0.25, 0.3) is 5.91 Å². The van der Waals surface area contributed by atoms with Crippen LogP contribution in [0.25, 0.3) is 0 Å². The van der Waals surface area contributed by atoms with E-state index in [9.17, 15) is 14.7 Å². The molecule has 1 aromatic rings. The first-order chi connectivity index (χ1) is 8.90. The Bertz CT molecular complexity index is 536. The van der Waals surface area contributed by atoms with Gasteiger partial charge in [0, 0.05) is 22.5 Å². The van der Waals surface area contributed by atoms with Crippen LogP contribution in [0.4, 0.5) is 0 Å². The molecule has 2 N–H and O–H groups in total. The highest BCUT2D eigenvalue weighted by Gasteiger charge is 2.39. The predicted molar refractivity (Wildman–Crippen MR) is 72.2 cm³/mol. The van der Waals surface area contributed by atoms with Crippen LogP contribution in [0.15, 0.2) is 22.7 Å². The molecule has 1 amide bonds. The smallest absolute Gasteiger partial charge is 0.326 e. The monoisotopic (exact) mass is 347 g/mol. The molecule has 1 fully saturated rings. The number of rotatable bonds is 2. The van der Waals surface area contributed by atoms with Crippen LogP contribution in [0.2, 0.25) is 5.02 Å². The van der Waals surface area contributed by atoms with E-state index < -0.39 is 24.0 Å². The molecule has 0 bridgehead atoms. The molecule has 0 radical (unpaired) electrons. The highest BCUT2D eigenvalue weighted by atomic mass is 79.9. The maximum atomic E-state index is 12.3. The summed E-state index contributed by atoms with van der Waals surface area (Å²) in [7, 11) is 0. The maximum Gasteiger partial charge on any atom is 0.326 e. The predicted octanol–water partition coefficient (Wildman–Crippen LogP) is 1.76. The first kappa shape index (κ1) is 14.3. The molecular weight excluding hydrogens is 337 g/mol. The number of amides is 1. The van der Waals surface area contributed by atoms with Crippen LogP contribution >= 0.6 is 27.5 Å². The third-order valence-corrected chi connectivity index (χ3v) is 3.88. The van der Waals surface area contributed by atoms with Crippen molar-refractivity contribution in [2.24, 2.45) is 0 Å². The van der Waals surface area contributed by atoms with Crippen molar-refractivity contribution in [2.75, 3.05) is 6.54 Å². The molecule has 1 saturated heterocycles. The van der Waals surface area contributed by atoms with Gasteiger partial charge in [0.2, 0.25) is 0 Å². The molecular formula is C12H11BrClNO4. The Morgan fingerprint density at radius 1 is 1.42 bits per heavy atom. The van der Waals surface area contributed by atoms with Crippen molar-refractivity contribution in [2.45, 2.75) is 18.6 Å². The fraction of sp³-hybridized carbons (Fsp3) is 0.333. The number of carboxylic acid groups (broad SMARTS) is 1. The number of aliphatic hydroxyl groups is 1. The number of aliphatic carboxylic acids is 1. The second kappa shape index (κ2) is 5.48. The lowest BCUT2D eigenvalue weighted by atomic mass is 10.1. The van der Waals surface area contributed by atoms with E-state index in [-0.39, 0.29) is 13.0 Å². The van der Waals surface area contributed by atoms with E-state index in [4.69, 9.17) is 16.7 Å². The minimum atomic E-state index is -1.12. The van der Waals surface area contributed by atoms with Gasteiger partial charge in [-0.25, -0.2) is 4.79 Å². The van der Waals surface area contributed by atoms with Gasteiger partial charge >= 0.3 is 5.97 Å². The molecule has 2 rings (SSSR count). The van der Waals surface area contributed by atoms with Gasteiger partial charge in [-0.15, -0.1) is 0 Å². The van der Waals surface area contributed by atoms with Crippen LogP contribution in [0, 0.1) is 0 Å². The van der Waals surface area contributed by atoms with Crippen molar-refractivity contribution < 1.29 is 19.8 Å². The summed E-state index contributed by atoms with van der Waals surface area (Å²) in [5, 5.41) is 19.1. The fourth-order valence-electron chi connectivity index (χ4n) is 2.09. The molecule has 0 aromatic heterocycles. The zero-order valence-electron chi connectivity index (χ0n) is 9.72. The Morgan fingerprint density at radius 2 is 2.11 bits per heavy atom. The highest BCUT2D eigenvalue weighted by Crippen LogP contribution is 2.26. The van der Waals surface area contributed by atoms with E-state index in [0.29, 0.717) is 15.1 Å². The van der Waals surface area contributed by atoms with Gasteiger partial charge in [-0.1, -0.05) is 11.6 Å². The van der Waals surface area contributed by atoms with Gasteiger partial charge in [0.15, 0.2) is 0 Å². The van der Waals surface area contributed by atoms with E-state index in [1.54, 1.807) is 12.1 Å². The molecule has 2 atom stereocenters. The van der Waals surface area contributed by atoms with Gasteiger partial charge in [-0.05, 0) is 34.1 Å². The number of carbonyl (C=O) groups excluding carboxylic acids is 1. The van der Waals surface area contributed by atoms with Gasteiger partial charge in [-0.3, -0.25) is 4.79 Å². The van der Waals surface area contributed by atoms with E-state index in [2.05, 4.69) is 15.9 Å². The summed E-state index contributed by atoms with van der Waals surface area (Å²) in [5.74, 6) is -1.55. The summed E-state index contributed by atoms with van der Waals surface area (Å²) >= 11 is 9.02. The van der Waals surface area contributed by atoms with Crippen LogP contribution < -0.4 is 0 Å². The number of hydrogen-bond donors (Lipinski definition) is 2. The number of halogens is 2. The van der Waals surface area contributed by atoms with E-state index in [1.165, 1.54) is 11.0 Å². The Balaban J connectivity index is 2.30. The van der Waals surface area contributed by atoms with Crippen LogP contribution in [0.5, 0.6) is 0 Å². The molecule has 19 heavy (non-hydrogen) atoms. The summed E-state index contributed by atoms with van der Waals surface area (Å²) in [5.41, 5.74) is 0.324. The lowest BCUT2D eigenvalue weighted by Gasteiger charge is -2.21. The van der Waals surface area contributed by atoms with E-state index in [1.807, 2.05) is 0 Å². The number of hydrogen-bond acceptors (Lipinski definition) is 3. The Labute approximate surface area is 122 Å². The number of aliphatic hydroxyl groups excluding tert-OH is 1. The number of benzene rings is 1. The molecule has 0 spiro atoms. The van der Waals surface area contributed by atoms with E-state index >= 15 is 0 Å². The molecule has 2 unspecified atom stereocenters. The largest absolute Gasteiger partial charge is 0.480 e. The van der Waals surface area contributed by atoms with Crippen LogP contribution in [0.3, 0.4) is 0 Å². The Morgan fingerprint density at radius 3 is 2.68 bits per heavy atom. The molecule has 1 aromatic carbocycles. The second-order valence-corrected chi connectivity index (χ2v) is 5.62. The van der Waals surface area contributed by atoms with Crippen molar-refractivity contribution in [3.63, 3.8) is 0 Å². The number of likely N-dealkylation sites (tertiary alicyclic amines) is 1. The lowest BCUT2D eigenvalue weighted by Crippen LogP contribution is -2.40. The molecule has 0 aliphatic carbocycles. The van der Waals surface area contributed by atoms with Crippen LogP contribution in [-0.2, 0) is 4.79 Å². The fourth-order valence-corrected chi connectivity index (χ4v) is 2.94. The summed E-state index contributed by atoms with van der Waals surface area (Å²) in [6.07, 6.45) is -0.761. The average molecular weight is 349 g/mol. The minimum absolute atomic E-state index is 0.0187. The number of carbonyl (C=O) groups is 2. The average Bonchev–Trinajstić information content (AvgIpc) is 2.70. The van der Waals surface area contributed by atoms with Crippen LogP contribution in [0.1, 0.15) is 16.8 Å². The molecule has 0 saturated carbocycles. The maximum absolute atomic E-state index is 12.3. The van der Waals surface area contributed by atoms with Gasteiger partial charge < -0.3 is 15.1 Å². The zero-order valence-corrected chi connectivity index (χ0v) is 12.1. The molecule has 1 aliphatic heterocycles. The van der Waals surface area contributed by atoms with Crippen molar-refractivity contribution in [3.8, 4) is 0 Å². The van der Waals surface area contributed by atoms with Crippen molar-refractivity contribution in [1.29, 1.82) is 0 Å². The summed E-state index contributed by atoms with van der Waals surface area (Å²) in [6, 6.07) is 3.65. The topological polar surface area (TPSA) is 77.8 Å². The summed E-state index contributed by atoms with van der Waals surface area (Å²) in [4.78, 5) is 24.6. The minimum Gasteiger partial charge on any atom is -0.480 e. The summed E-state index contributed by atoms with van der Waals surface area (Å²) in [6.45, 7) is 0.0187. The van der Waals surface area contributed by atoms with Crippen molar-refractivity contribution in [3.05, 3.63) is 33.3 Å². The zero-order chi connectivity index (χ0) is 14.2. The standard InChI is InChI=1S/C12H11BrClNO4/c13-9-3-6(14)1-2-8(9)11(17)15-5-7(16)4-10(15)12(18)19/h1-3,7,10,16H,4-5H2,(H,18,19). The quantitative estimate of drug-likeness (QED) is 0.854. The lowest BCUT2D eigenvalue weighted by molar-refractivity contribution is -0.141. The molecule has 102 valence electrons. The Hall–Kier alpha value is -1.11. The number of nitrogens with zero attached hydrogens (tertiary/aromatic N) is 1.